The Labute approximate surface area is 266 Å². The van der Waals surface area contributed by atoms with Gasteiger partial charge in [-0.1, -0.05) is 79.1 Å². The summed E-state index contributed by atoms with van der Waals surface area (Å²) in [5.41, 5.74) is 6.26. The van der Waals surface area contributed by atoms with E-state index < -0.39 is 6.10 Å². The molecule has 8 heteroatoms. The van der Waals surface area contributed by atoms with E-state index in [0.717, 1.165) is 39.1 Å². The number of nitrogens with two attached hydrogens (primary N) is 1. The molecule has 8 nitrogen and oxygen atoms in total. The molecule has 0 unspecified atom stereocenters. The molecule has 1 saturated carbocycles. The van der Waals surface area contributed by atoms with Crippen LogP contribution in [0.2, 0.25) is 0 Å². The Hall–Kier alpha value is -0.320. The fourth-order valence-electron chi connectivity index (χ4n) is 7.17. The van der Waals surface area contributed by atoms with Gasteiger partial charge in [-0.3, -0.25) is 0 Å². The Morgan fingerprint density at radius 2 is 1.67 bits per heavy atom. The second-order valence-corrected chi connectivity index (χ2v) is 14.5. The first kappa shape index (κ1) is 38.9. The predicted octanol–water partition coefficient (Wildman–Crippen LogP) is 4.11. The minimum atomic E-state index is -0.443. The van der Waals surface area contributed by atoms with E-state index in [-0.39, 0.29) is 18.2 Å². The van der Waals surface area contributed by atoms with Crippen LogP contribution in [0.4, 0.5) is 0 Å². The molecule has 0 amide bonds. The summed E-state index contributed by atoms with van der Waals surface area (Å²) in [6.07, 6.45) is 15.3. The van der Waals surface area contributed by atoms with Crippen LogP contribution in [0.1, 0.15) is 112 Å². The maximum atomic E-state index is 10.5. The monoisotopic (exact) mass is 611 g/mol. The average Bonchev–Trinajstić information content (AvgIpc) is 3.26. The zero-order valence-corrected chi connectivity index (χ0v) is 29.2. The summed E-state index contributed by atoms with van der Waals surface area (Å²) in [6.45, 7) is 17.8. The number of nitrogens with one attached hydrogen (secondary N) is 4. The average molecular weight is 611 g/mol. The maximum Gasteiger partial charge on any atom is 0.0677 e. The van der Waals surface area contributed by atoms with Gasteiger partial charge in [0.15, 0.2) is 0 Å². The zero-order chi connectivity index (χ0) is 31.5. The third kappa shape index (κ3) is 16.2. The van der Waals surface area contributed by atoms with Crippen LogP contribution in [0.5, 0.6) is 0 Å². The van der Waals surface area contributed by atoms with E-state index in [4.69, 9.17) is 10.5 Å². The lowest BCUT2D eigenvalue weighted by atomic mass is 9.90. The highest BCUT2D eigenvalue weighted by Gasteiger charge is 2.28. The van der Waals surface area contributed by atoms with E-state index in [0.29, 0.717) is 49.5 Å². The first-order valence-corrected chi connectivity index (χ1v) is 18.4. The van der Waals surface area contributed by atoms with Crippen LogP contribution in [-0.2, 0) is 4.74 Å². The lowest BCUT2D eigenvalue weighted by Crippen LogP contribution is -2.56. The normalized spacial score (nSPS) is 32.0. The molecule has 1 aliphatic heterocycles. The molecule has 2 rings (SSSR count). The molecule has 0 aromatic carbocycles. The highest BCUT2D eigenvalue weighted by atomic mass is 16.5. The molecule has 256 valence electrons. The second-order valence-electron chi connectivity index (χ2n) is 14.5. The van der Waals surface area contributed by atoms with Crippen molar-refractivity contribution in [3.05, 3.63) is 0 Å². The number of ether oxygens (including phenoxy) is 1. The third-order valence-corrected chi connectivity index (χ3v) is 10.1. The first-order chi connectivity index (χ1) is 20.7. The van der Waals surface area contributed by atoms with Crippen LogP contribution in [0.3, 0.4) is 0 Å². The Morgan fingerprint density at radius 3 is 2.33 bits per heavy atom. The zero-order valence-electron chi connectivity index (χ0n) is 29.2. The summed E-state index contributed by atoms with van der Waals surface area (Å²) < 4.78 is 6.59. The van der Waals surface area contributed by atoms with Crippen LogP contribution in [-0.4, -0.2) is 106 Å². The molecule has 2 fully saturated rings. The summed E-state index contributed by atoms with van der Waals surface area (Å²) in [5.74, 6) is 1.83. The molecular weight excluding hydrogens is 536 g/mol. The van der Waals surface area contributed by atoms with Crippen molar-refractivity contribution in [2.24, 2.45) is 23.5 Å². The number of aliphatic hydroxyl groups is 1. The van der Waals surface area contributed by atoms with Crippen molar-refractivity contribution in [3.8, 4) is 0 Å². The van der Waals surface area contributed by atoms with Gasteiger partial charge in [0.25, 0.3) is 0 Å². The van der Waals surface area contributed by atoms with Crippen LogP contribution in [0.15, 0.2) is 0 Å². The molecular formula is C35H74N6O2. The summed E-state index contributed by atoms with van der Waals surface area (Å²) in [4.78, 5) is 2.63. The largest absolute Gasteiger partial charge is 0.392 e. The maximum absolute atomic E-state index is 10.5. The van der Waals surface area contributed by atoms with Crippen LogP contribution in [0, 0.1) is 17.8 Å². The van der Waals surface area contributed by atoms with E-state index in [1.807, 2.05) is 6.92 Å². The molecule has 0 bridgehead atoms. The Morgan fingerprint density at radius 1 is 0.930 bits per heavy atom. The smallest absolute Gasteiger partial charge is 0.0677 e. The van der Waals surface area contributed by atoms with Crippen molar-refractivity contribution in [2.45, 2.75) is 148 Å². The van der Waals surface area contributed by atoms with Gasteiger partial charge in [0.05, 0.1) is 18.8 Å². The SMILES string of the molecule is CCCCCC[C@H]1OCCNC[C@@H]([C@H](C)O)NC[C@H](CN)NC[C@H](C2CCCCCC2)NC[C@H](CC(C)C)N(C)C[C@H]1C. The Kier molecular flexibility index (Phi) is 20.8. The number of likely N-dealkylation sites (N-methyl/N-ethyl adjacent to an activating group) is 1. The lowest BCUT2D eigenvalue weighted by Gasteiger charge is -2.36. The highest BCUT2D eigenvalue weighted by Crippen LogP contribution is 2.26. The van der Waals surface area contributed by atoms with Crippen molar-refractivity contribution >= 4 is 0 Å². The molecule has 1 aliphatic carbocycles. The summed E-state index contributed by atoms with van der Waals surface area (Å²) in [7, 11) is 2.34. The molecule has 2 aliphatic rings. The van der Waals surface area contributed by atoms with Crippen molar-refractivity contribution in [3.63, 3.8) is 0 Å². The van der Waals surface area contributed by atoms with Crippen LogP contribution < -0.4 is 27.0 Å². The van der Waals surface area contributed by atoms with E-state index >= 15 is 0 Å². The fraction of sp³-hybridized carbons (Fsp3) is 1.00. The number of unbranched alkanes of at least 4 members (excludes halogenated alkanes) is 3. The predicted molar refractivity (Wildman–Crippen MR) is 184 cm³/mol. The molecule has 7 N–H and O–H groups in total. The van der Waals surface area contributed by atoms with Gasteiger partial charge in [-0.05, 0) is 57.4 Å². The summed E-state index contributed by atoms with van der Waals surface area (Å²) >= 11 is 0. The Balaban J connectivity index is 2.23. The molecule has 43 heavy (non-hydrogen) atoms. The van der Waals surface area contributed by atoms with Crippen molar-refractivity contribution in [1.82, 2.24) is 26.2 Å². The van der Waals surface area contributed by atoms with Gasteiger partial charge in [0, 0.05) is 70.0 Å². The van der Waals surface area contributed by atoms with E-state index in [1.165, 1.54) is 70.6 Å². The van der Waals surface area contributed by atoms with Crippen molar-refractivity contribution in [1.29, 1.82) is 0 Å². The van der Waals surface area contributed by atoms with Crippen molar-refractivity contribution < 1.29 is 9.84 Å². The van der Waals surface area contributed by atoms with Gasteiger partial charge in [-0.15, -0.1) is 0 Å². The van der Waals surface area contributed by atoms with Gasteiger partial charge in [0.2, 0.25) is 0 Å². The molecule has 0 radical (unpaired) electrons. The lowest BCUT2D eigenvalue weighted by molar-refractivity contribution is -0.00154. The minimum Gasteiger partial charge on any atom is -0.392 e. The fourth-order valence-corrected chi connectivity index (χ4v) is 7.17. The highest BCUT2D eigenvalue weighted by molar-refractivity contribution is 4.87. The topological polar surface area (TPSA) is 107 Å². The Bertz CT molecular complexity index is 660. The molecule has 1 saturated heterocycles. The quantitative estimate of drug-likeness (QED) is 0.162. The van der Waals surface area contributed by atoms with E-state index in [2.05, 4.69) is 60.9 Å². The number of rotatable bonds is 10. The molecule has 0 spiro atoms. The van der Waals surface area contributed by atoms with Crippen molar-refractivity contribution in [2.75, 3.05) is 59.5 Å². The van der Waals surface area contributed by atoms with Gasteiger partial charge in [-0.2, -0.15) is 0 Å². The van der Waals surface area contributed by atoms with Gasteiger partial charge < -0.3 is 41.7 Å². The van der Waals surface area contributed by atoms with Gasteiger partial charge in [-0.25, -0.2) is 0 Å². The number of hydrogen-bond donors (Lipinski definition) is 6. The summed E-state index contributed by atoms with van der Waals surface area (Å²) in [5, 5.41) is 25.6. The van der Waals surface area contributed by atoms with E-state index in [9.17, 15) is 5.11 Å². The van der Waals surface area contributed by atoms with Crippen LogP contribution in [0.25, 0.3) is 0 Å². The third-order valence-electron chi connectivity index (χ3n) is 10.1. The molecule has 7 atom stereocenters. The number of hydrogen-bond acceptors (Lipinski definition) is 8. The standard InChI is InChI=1S/C35H74N6O2/c1-7-8-9-14-17-35-28(4)26-41(6)32(20-27(2)3)23-40-34(30-15-12-10-11-13-16-30)25-38-31(21-36)22-39-33(29(5)42)24-37-18-19-43-35/h27-35,37-40,42H,7-26,36H2,1-6H3/t28-,29+,31+,32+,33+,34-,35-/m1/s1. The van der Waals surface area contributed by atoms with Crippen LogP contribution >= 0.6 is 0 Å². The minimum absolute atomic E-state index is 0.0251. The van der Waals surface area contributed by atoms with E-state index in [1.54, 1.807) is 0 Å². The number of nitrogens with zero attached hydrogens (tertiary/aromatic N) is 1. The van der Waals surface area contributed by atoms with Gasteiger partial charge in [0.1, 0.15) is 0 Å². The number of aliphatic hydroxyl groups excluding tert-OH is 1. The first-order valence-electron chi connectivity index (χ1n) is 18.4. The van der Waals surface area contributed by atoms with Gasteiger partial charge >= 0.3 is 0 Å². The molecule has 0 aromatic heterocycles. The molecule has 1 heterocycles. The second kappa shape index (κ2) is 23.1. The summed E-state index contributed by atoms with van der Waals surface area (Å²) in [6, 6.07) is 1.09. The molecule has 0 aromatic rings.